The third-order valence-electron chi connectivity index (χ3n) is 5.88. The second kappa shape index (κ2) is 7.24. The van der Waals surface area contributed by atoms with Crippen molar-refractivity contribution in [1.82, 2.24) is 25.3 Å². The maximum atomic E-state index is 13.1. The molecule has 4 heterocycles. The van der Waals surface area contributed by atoms with Crippen LogP contribution in [0, 0.1) is 0 Å². The van der Waals surface area contributed by atoms with Gasteiger partial charge in [-0.3, -0.25) is 19.5 Å². The van der Waals surface area contributed by atoms with E-state index in [2.05, 4.69) is 15.5 Å². The quantitative estimate of drug-likeness (QED) is 0.671. The first kappa shape index (κ1) is 18.8. The number of benzene rings is 1. The Morgan fingerprint density at radius 2 is 2.10 bits per heavy atom. The number of likely N-dealkylation sites (tertiary alicyclic amines) is 1. The molecule has 1 atom stereocenters. The molecule has 30 heavy (non-hydrogen) atoms. The number of carbonyl (C=O) groups is 3. The molecule has 0 saturated carbocycles. The second-order valence-electron chi connectivity index (χ2n) is 7.62. The molecule has 0 unspecified atom stereocenters. The van der Waals surface area contributed by atoms with E-state index in [0.29, 0.717) is 36.5 Å². The van der Waals surface area contributed by atoms with E-state index in [1.807, 2.05) is 17.0 Å². The van der Waals surface area contributed by atoms with Gasteiger partial charge in [0.25, 0.3) is 11.8 Å². The summed E-state index contributed by atoms with van der Waals surface area (Å²) in [6.07, 6.45) is 3.10. The zero-order valence-electron chi connectivity index (χ0n) is 16.5. The monoisotopic (exact) mass is 423 g/mol. The molecule has 154 valence electrons. The standard InChI is InChI=1S/C21H21N5O3S/c1-22-19(27)18-9-14-11-25(6-5-17(14)30-18)21(29)16-4-7-26(16)20(28)12-2-3-15-13(8-12)10-23-24-15/h2-3,8-10,16H,4-7,11H2,1H3,(H,22,27)(H,23,24)/t16-/m1/s1. The van der Waals surface area contributed by atoms with E-state index in [9.17, 15) is 14.4 Å². The molecule has 2 aromatic heterocycles. The molecular formula is C21H21N5O3S. The molecule has 1 fully saturated rings. The van der Waals surface area contributed by atoms with Crippen molar-refractivity contribution in [2.24, 2.45) is 0 Å². The van der Waals surface area contributed by atoms with Gasteiger partial charge in [-0.2, -0.15) is 5.10 Å². The zero-order valence-corrected chi connectivity index (χ0v) is 17.3. The fourth-order valence-electron chi connectivity index (χ4n) is 4.10. The number of fused-ring (bicyclic) bond motifs is 2. The summed E-state index contributed by atoms with van der Waals surface area (Å²) in [5, 5.41) is 10.4. The summed E-state index contributed by atoms with van der Waals surface area (Å²) in [5.41, 5.74) is 2.47. The Morgan fingerprint density at radius 1 is 1.23 bits per heavy atom. The van der Waals surface area contributed by atoms with Gasteiger partial charge in [0.15, 0.2) is 0 Å². The van der Waals surface area contributed by atoms with Crippen LogP contribution in [0.4, 0.5) is 0 Å². The molecule has 8 nitrogen and oxygen atoms in total. The molecule has 3 aromatic rings. The van der Waals surface area contributed by atoms with Crippen molar-refractivity contribution >= 4 is 40.0 Å². The first-order chi connectivity index (χ1) is 14.5. The first-order valence-corrected chi connectivity index (χ1v) is 10.7. The number of hydrogen-bond acceptors (Lipinski definition) is 5. The highest BCUT2D eigenvalue weighted by atomic mass is 32.1. The molecule has 0 radical (unpaired) electrons. The minimum atomic E-state index is -0.420. The van der Waals surface area contributed by atoms with Crippen LogP contribution in [0.2, 0.25) is 0 Å². The number of rotatable bonds is 3. The van der Waals surface area contributed by atoms with Crippen molar-refractivity contribution in [3.63, 3.8) is 0 Å². The smallest absolute Gasteiger partial charge is 0.261 e. The summed E-state index contributed by atoms with van der Waals surface area (Å²) in [6, 6.07) is 6.86. The molecule has 1 saturated heterocycles. The van der Waals surface area contributed by atoms with Gasteiger partial charge in [0, 0.05) is 42.5 Å². The molecule has 5 rings (SSSR count). The van der Waals surface area contributed by atoms with Gasteiger partial charge in [-0.25, -0.2) is 0 Å². The predicted molar refractivity (Wildman–Crippen MR) is 112 cm³/mol. The van der Waals surface area contributed by atoms with Gasteiger partial charge in [-0.05, 0) is 42.7 Å². The molecule has 3 amide bonds. The van der Waals surface area contributed by atoms with E-state index < -0.39 is 6.04 Å². The largest absolute Gasteiger partial charge is 0.354 e. The molecule has 2 N–H and O–H groups in total. The number of thiophene rings is 1. The lowest BCUT2D eigenvalue weighted by Crippen LogP contribution is -2.59. The Kier molecular flexibility index (Phi) is 4.54. The third kappa shape index (κ3) is 3.06. The SMILES string of the molecule is CNC(=O)c1cc2c(s1)CCN(C(=O)[C@H]1CCN1C(=O)c1ccc3[nH]ncc3c1)C2. The Bertz CT molecular complexity index is 1170. The lowest BCUT2D eigenvalue weighted by atomic mass is 9.98. The molecule has 0 bridgehead atoms. The topological polar surface area (TPSA) is 98.4 Å². The normalized spacial score (nSPS) is 18.1. The average Bonchev–Trinajstić information content (AvgIpc) is 3.37. The Labute approximate surface area is 176 Å². The van der Waals surface area contributed by atoms with Gasteiger partial charge in [-0.1, -0.05) is 0 Å². The summed E-state index contributed by atoms with van der Waals surface area (Å²) in [4.78, 5) is 43.3. The van der Waals surface area contributed by atoms with E-state index in [4.69, 9.17) is 0 Å². The van der Waals surface area contributed by atoms with Crippen molar-refractivity contribution in [2.45, 2.75) is 25.4 Å². The van der Waals surface area contributed by atoms with Crippen molar-refractivity contribution in [2.75, 3.05) is 20.1 Å². The molecule has 2 aliphatic heterocycles. The zero-order chi connectivity index (χ0) is 20.8. The van der Waals surface area contributed by atoms with E-state index in [1.54, 1.807) is 30.3 Å². The van der Waals surface area contributed by atoms with Crippen LogP contribution in [0.3, 0.4) is 0 Å². The van der Waals surface area contributed by atoms with Gasteiger partial charge in [-0.15, -0.1) is 11.3 Å². The van der Waals surface area contributed by atoms with Gasteiger partial charge in [0.2, 0.25) is 5.91 Å². The Balaban J connectivity index is 1.30. The Morgan fingerprint density at radius 3 is 2.87 bits per heavy atom. The van der Waals surface area contributed by atoms with E-state index >= 15 is 0 Å². The number of aromatic nitrogens is 2. The number of amides is 3. The fourth-order valence-corrected chi connectivity index (χ4v) is 5.21. The predicted octanol–water partition coefficient (Wildman–Crippen LogP) is 1.78. The van der Waals surface area contributed by atoms with Crippen LogP contribution < -0.4 is 5.32 Å². The first-order valence-electron chi connectivity index (χ1n) is 9.91. The Hall–Kier alpha value is -3.20. The number of nitrogens with one attached hydrogen (secondary N) is 2. The van der Waals surface area contributed by atoms with Crippen LogP contribution in [0.15, 0.2) is 30.5 Å². The van der Waals surface area contributed by atoms with Crippen LogP contribution in [0.5, 0.6) is 0 Å². The highest BCUT2D eigenvalue weighted by molar-refractivity contribution is 7.14. The highest BCUT2D eigenvalue weighted by Crippen LogP contribution is 2.30. The van der Waals surface area contributed by atoms with Gasteiger partial charge in [0.1, 0.15) is 6.04 Å². The summed E-state index contributed by atoms with van der Waals surface area (Å²) in [7, 11) is 1.61. The number of carbonyl (C=O) groups excluding carboxylic acids is 3. The number of nitrogens with zero attached hydrogens (tertiary/aromatic N) is 3. The molecule has 9 heteroatoms. The lowest BCUT2D eigenvalue weighted by molar-refractivity contribution is -0.140. The second-order valence-corrected chi connectivity index (χ2v) is 8.76. The van der Waals surface area contributed by atoms with Crippen LogP contribution in [-0.4, -0.2) is 63.9 Å². The van der Waals surface area contributed by atoms with Gasteiger partial charge < -0.3 is 15.1 Å². The summed E-state index contributed by atoms with van der Waals surface area (Å²) in [5.74, 6) is -0.243. The minimum Gasteiger partial charge on any atom is -0.354 e. The number of hydrogen-bond donors (Lipinski definition) is 2. The van der Waals surface area contributed by atoms with E-state index in [0.717, 1.165) is 27.8 Å². The molecule has 0 aliphatic carbocycles. The van der Waals surface area contributed by atoms with E-state index in [-0.39, 0.29) is 17.7 Å². The third-order valence-corrected chi connectivity index (χ3v) is 7.12. The lowest BCUT2D eigenvalue weighted by Gasteiger charge is -2.43. The van der Waals surface area contributed by atoms with Crippen LogP contribution >= 0.6 is 11.3 Å². The minimum absolute atomic E-state index is 0.0164. The molecule has 1 aromatic carbocycles. The van der Waals surface area contributed by atoms with Crippen LogP contribution in [-0.2, 0) is 17.8 Å². The maximum absolute atomic E-state index is 13.1. The van der Waals surface area contributed by atoms with Crippen molar-refractivity contribution in [3.8, 4) is 0 Å². The molecular weight excluding hydrogens is 402 g/mol. The molecule has 2 aliphatic rings. The summed E-state index contributed by atoms with van der Waals surface area (Å²) >= 11 is 1.49. The van der Waals surface area contributed by atoms with Crippen molar-refractivity contribution in [3.05, 3.63) is 51.3 Å². The van der Waals surface area contributed by atoms with Crippen LogP contribution in [0.25, 0.3) is 10.9 Å². The number of H-pyrrole nitrogens is 1. The highest BCUT2D eigenvalue weighted by Gasteiger charge is 2.41. The van der Waals surface area contributed by atoms with Gasteiger partial charge in [0.05, 0.1) is 16.6 Å². The fraction of sp³-hybridized carbons (Fsp3) is 0.333. The molecule has 0 spiro atoms. The van der Waals surface area contributed by atoms with Gasteiger partial charge >= 0.3 is 0 Å². The maximum Gasteiger partial charge on any atom is 0.261 e. The van der Waals surface area contributed by atoms with Crippen molar-refractivity contribution < 1.29 is 14.4 Å². The van der Waals surface area contributed by atoms with E-state index in [1.165, 1.54) is 11.3 Å². The number of aromatic amines is 1. The van der Waals surface area contributed by atoms with Crippen molar-refractivity contribution in [1.29, 1.82) is 0 Å². The summed E-state index contributed by atoms with van der Waals surface area (Å²) in [6.45, 7) is 1.68. The summed E-state index contributed by atoms with van der Waals surface area (Å²) < 4.78 is 0. The average molecular weight is 423 g/mol. The van der Waals surface area contributed by atoms with Crippen LogP contribution in [0.1, 0.15) is 36.9 Å².